The van der Waals surface area contributed by atoms with Gasteiger partial charge in [0.15, 0.2) is 0 Å². The van der Waals surface area contributed by atoms with Gasteiger partial charge in [-0.25, -0.2) is 0 Å². The average Bonchev–Trinajstić information content (AvgIpc) is 2.89. The van der Waals surface area contributed by atoms with Gasteiger partial charge in [-0.3, -0.25) is 4.79 Å². The first kappa shape index (κ1) is 17.5. The molecule has 118 valence electrons. The summed E-state index contributed by atoms with van der Waals surface area (Å²) in [6.45, 7) is 10.9. The SMILES string of the molecule is C=COCCn1c(SCC(=O)OC)ccc1N(CC)CC. The van der Waals surface area contributed by atoms with Crippen molar-refractivity contribution in [1.29, 1.82) is 0 Å². The van der Waals surface area contributed by atoms with Gasteiger partial charge in [0.05, 0.1) is 30.7 Å². The van der Waals surface area contributed by atoms with E-state index < -0.39 is 0 Å². The van der Waals surface area contributed by atoms with E-state index in [9.17, 15) is 4.79 Å². The normalized spacial score (nSPS) is 10.2. The number of esters is 1. The number of rotatable bonds is 10. The van der Waals surface area contributed by atoms with Crippen molar-refractivity contribution in [3.8, 4) is 0 Å². The number of carbonyl (C=O) groups is 1. The largest absolute Gasteiger partial charge is 0.500 e. The summed E-state index contributed by atoms with van der Waals surface area (Å²) in [5.74, 6) is 1.22. The Balaban J connectivity index is 2.89. The Labute approximate surface area is 130 Å². The molecular formula is C15H24N2O3S. The molecule has 1 rings (SSSR count). The topological polar surface area (TPSA) is 43.7 Å². The smallest absolute Gasteiger partial charge is 0.316 e. The maximum absolute atomic E-state index is 11.3. The number of hydrogen-bond donors (Lipinski definition) is 0. The molecule has 1 heterocycles. The molecule has 0 unspecified atom stereocenters. The Morgan fingerprint density at radius 2 is 2.14 bits per heavy atom. The summed E-state index contributed by atoms with van der Waals surface area (Å²) in [6, 6.07) is 4.12. The fourth-order valence-electron chi connectivity index (χ4n) is 2.03. The number of anilines is 1. The molecule has 6 heteroatoms. The highest BCUT2D eigenvalue weighted by Gasteiger charge is 2.14. The molecule has 21 heavy (non-hydrogen) atoms. The molecule has 0 aromatic carbocycles. The molecule has 0 saturated carbocycles. The number of hydrogen-bond acceptors (Lipinski definition) is 5. The minimum absolute atomic E-state index is 0.223. The van der Waals surface area contributed by atoms with Crippen LogP contribution in [0.25, 0.3) is 0 Å². The Bertz CT molecular complexity index is 456. The molecule has 0 spiro atoms. The molecule has 0 aliphatic heterocycles. The number of aromatic nitrogens is 1. The lowest BCUT2D eigenvalue weighted by Crippen LogP contribution is -2.25. The predicted molar refractivity (Wildman–Crippen MR) is 86.9 cm³/mol. The van der Waals surface area contributed by atoms with E-state index in [2.05, 4.69) is 40.7 Å². The molecule has 0 saturated heterocycles. The second-order valence-electron chi connectivity index (χ2n) is 4.26. The molecule has 0 radical (unpaired) electrons. The zero-order valence-electron chi connectivity index (χ0n) is 13.0. The van der Waals surface area contributed by atoms with Gasteiger partial charge < -0.3 is 18.9 Å². The van der Waals surface area contributed by atoms with Crippen LogP contribution in [0.4, 0.5) is 5.82 Å². The number of nitrogens with zero attached hydrogens (tertiary/aromatic N) is 2. The third-order valence-electron chi connectivity index (χ3n) is 3.12. The van der Waals surface area contributed by atoms with Crippen molar-refractivity contribution < 1.29 is 14.3 Å². The third-order valence-corrected chi connectivity index (χ3v) is 4.15. The molecule has 5 nitrogen and oxygen atoms in total. The summed E-state index contributed by atoms with van der Waals surface area (Å²) in [5.41, 5.74) is 0. The average molecular weight is 312 g/mol. The summed E-state index contributed by atoms with van der Waals surface area (Å²) >= 11 is 1.48. The summed E-state index contributed by atoms with van der Waals surface area (Å²) < 4.78 is 12.1. The molecule has 0 amide bonds. The fourth-order valence-corrected chi connectivity index (χ4v) is 2.92. The Morgan fingerprint density at radius 3 is 2.71 bits per heavy atom. The molecule has 1 aromatic rings. The van der Waals surface area contributed by atoms with Crippen LogP contribution in [0.1, 0.15) is 13.8 Å². The Morgan fingerprint density at radius 1 is 1.43 bits per heavy atom. The minimum Gasteiger partial charge on any atom is -0.500 e. The second kappa shape index (κ2) is 9.39. The lowest BCUT2D eigenvalue weighted by molar-refractivity contribution is -0.137. The third kappa shape index (κ3) is 5.04. The molecule has 0 atom stereocenters. The number of carbonyl (C=O) groups excluding carboxylic acids is 1. The van der Waals surface area contributed by atoms with Gasteiger partial charge in [0.2, 0.25) is 0 Å². The molecule has 0 bridgehead atoms. The summed E-state index contributed by atoms with van der Waals surface area (Å²) in [6.07, 6.45) is 1.45. The van der Waals surface area contributed by atoms with E-state index >= 15 is 0 Å². The van der Waals surface area contributed by atoms with Crippen LogP contribution in [0.2, 0.25) is 0 Å². The zero-order valence-corrected chi connectivity index (χ0v) is 13.8. The van der Waals surface area contributed by atoms with E-state index in [-0.39, 0.29) is 5.97 Å². The fraction of sp³-hybridized carbons (Fsp3) is 0.533. The van der Waals surface area contributed by atoms with Crippen LogP contribution in [0, 0.1) is 0 Å². The second-order valence-corrected chi connectivity index (χ2v) is 5.25. The molecule has 0 N–H and O–H groups in total. The van der Waals surface area contributed by atoms with Crippen molar-refractivity contribution in [3.63, 3.8) is 0 Å². The van der Waals surface area contributed by atoms with Gasteiger partial charge >= 0.3 is 5.97 Å². The van der Waals surface area contributed by atoms with Crippen molar-refractivity contribution >= 4 is 23.5 Å². The first-order chi connectivity index (χ1) is 10.2. The minimum atomic E-state index is -0.223. The predicted octanol–water partition coefficient (Wildman–Crippen LogP) is 2.76. The summed E-state index contributed by atoms with van der Waals surface area (Å²) in [4.78, 5) is 13.6. The van der Waals surface area contributed by atoms with Crippen molar-refractivity contribution in [2.75, 3.05) is 37.5 Å². The van der Waals surface area contributed by atoms with E-state index in [1.54, 1.807) is 0 Å². The standard InChI is InChI=1S/C15H24N2O3S/c1-5-16(6-2)13-8-9-14(21-12-15(18)19-4)17(13)10-11-20-7-3/h7-9H,3,5-6,10-12H2,1-2,4H3. The van der Waals surface area contributed by atoms with Gasteiger partial charge in [0, 0.05) is 13.1 Å². The van der Waals surface area contributed by atoms with Gasteiger partial charge in [-0.2, -0.15) is 0 Å². The van der Waals surface area contributed by atoms with Gasteiger partial charge in [-0.15, -0.1) is 0 Å². The summed E-state index contributed by atoms with van der Waals surface area (Å²) in [5, 5.41) is 1.04. The summed E-state index contributed by atoms with van der Waals surface area (Å²) in [7, 11) is 1.40. The van der Waals surface area contributed by atoms with Gasteiger partial charge in [-0.05, 0) is 26.0 Å². The molecule has 1 aromatic heterocycles. The maximum atomic E-state index is 11.3. The van der Waals surface area contributed by atoms with E-state index in [1.807, 2.05) is 6.07 Å². The monoisotopic (exact) mass is 312 g/mol. The number of ether oxygens (including phenoxy) is 2. The maximum Gasteiger partial charge on any atom is 0.316 e. The van der Waals surface area contributed by atoms with Crippen molar-refractivity contribution in [2.45, 2.75) is 25.4 Å². The highest BCUT2D eigenvalue weighted by molar-refractivity contribution is 7.99. The van der Waals surface area contributed by atoms with Crippen LogP contribution in [0.3, 0.4) is 0 Å². The first-order valence-electron chi connectivity index (χ1n) is 7.04. The van der Waals surface area contributed by atoms with E-state index in [4.69, 9.17) is 4.74 Å². The highest BCUT2D eigenvalue weighted by Crippen LogP contribution is 2.27. The van der Waals surface area contributed by atoms with Crippen LogP contribution in [0.5, 0.6) is 0 Å². The first-order valence-corrected chi connectivity index (χ1v) is 8.03. The van der Waals surface area contributed by atoms with E-state index in [1.165, 1.54) is 25.1 Å². The molecule has 0 aliphatic carbocycles. The van der Waals surface area contributed by atoms with Crippen LogP contribution >= 0.6 is 11.8 Å². The van der Waals surface area contributed by atoms with Crippen molar-refractivity contribution in [2.24, 2.45) is 0 Å². The zero-order chi connectivity index (χ0) is 15.7. The number of thioether (sulfide) groups is 1. The molecule has 0 fully saturated rings. The Kier molecular flexibility index (Phi) is 7.82. The highest BCUT2D eigenvalue weighted by atomic mass is 32.2. The van der Waals surface area contributed by atoms with Gasteiger partial charge in [0.1, 0.15) is 12.4 Å². The lowest BCUT2D eigenvalue weighted by atomic mass is 10.4. The van der Waals surface area contributed by atoms with Crippen LogP contribution in [-0.4, -0.2) is 43.1 Å². The van der Waals surface area contributed by atoms with Crippen molar-refractivity contribution in [3.05, 3.63) is 25.0 Å². The van der Waals surface area contributed by atoms with Crippen molar-refractivity contribution in [1.82, 2.24) is 4.57 Å². The van der Waals surface area contributed by atoms with Crippen LogP contribution in [0.15, 0.2) is 30.0 Å². The number of methoxy groups -OCH3 is 1. The van der Waals surface area contributed by atoms with Gasteiger partial charge in [-0.1, -0.05) is 18.3 Å². The molecule has 0 aliphatic rings. The van der Waals surface area contributed by atoms with E-state index in [0.717, 1.165) is 23.9 Å². The van der Waals surface area contributed by atoms with Gasteiger partial charge in [0.25, 0.3) is 0 Å². The Hall–Kier alpha value is -1.56. The van der Waals surface area contributed by atoms with Crippen LogP contribution in [-0.2, 0) is 20.8 Å². The lowest BCUT2D eigenvalue weighted by Gasteiger charge is -2.23. The van der Waals surface area contributed by atoms with Crippen LogP contribution < -0.4 is 4.90 Å². The van der Waals surface area contributed by atoms with E-state index in [0.29, 0.717) is 18.9 Å². The quantitative estimate of drug-likeness (QED) is 0.288. The molecular weight excluding hydrogens is 288 g/mol.